The van der Waals surface area contributed by atoms with E-state index in [-0.39, 0.29) is 36.5 Å². The number of carbonyl (C=O) groups is 1. The van der Waals surface area contributed by atoms with Crippen LogP contribution in [0.25, 0.3) is 0 Å². The van der Waals surface area contributed by atoms with Gasteiger partial charge in [0.25, 0.3) is 0 Å². The SMILES string of the molecule is CCNC(=NCC(=O)OC(C)(C)C)NC1CCN(Cc2ccccc2C)CC1.I. The second kappa shape index (κ2) is 12.4. The molecule has 1 aliphatic heterocycles. The summed E-state index contributed by atoms with van der Waals surface area (Å²) in [5.74, 6) is 0.378. The van der Waals surface area contributed by atoms with Crippen LogP contribution in [0.15, 0.2) is 29.3 Å². The van der Waals surface area contributed by atoms with Gasteiger partial charge in [-0.15, -0.1) is 24.0 Å². The zero-order valence-corrected chi connectivity index (χ0v) is 20.8. The molecule has 0 radical (unpaired) electrons. The van der Waals surface area contributed by atoms with Crippen LogP contribution in [-0.4, -0.2) is 54.7 Å². The van der Waals surface area contributed by atoms with Crippen molar-refractivity contribution in [1.82, 2.24) is 15.5 Å². The van der Waals surface area contributed by atoms with Gasteiger partial charge in [-0.25, -0.2) is 4.99 Å². The van der Waals surface area contributed by atoms with Crippen LogP contribution in [0.4, 0.5) is 0 Å². The summed E-state index contributed by atoms with van der Waals surface area (Å²) in [6.07, 6.45) is 2.12. The molecular weight excluding hydrogens is 479 g/mol. The van der Waals surface area contributed by atoms with Crippen molar-refractivity contribution in [1.29, 1.82) is 0 Å². The molecule has 7 heteroatoms. The molecule has 0 saturated carbocycles. The Morgan fingerprint density at radius 2 is 1.90 bits per heavy atom. The summed E-state index contributed by atoms with van der Waals surface area (Å²) in [6, 6.07) is 8.96. The fourth-order valence-corrected chi connectivity index (χ4v) is 3.29. The van der Waals surface area contributed by atoms with Gasteiger partial charge in [0.05, 0.1) is 0 Å². The van der Waals surface area contributed by atoms with Gasteiger partial charge in [0, 0.05) is 32.2 Å². The van der Waals surface area contributed by atoms with E-state index in [4.69, 9.17) is 4.74 Å². The molecule has 164 valence electrons. The maximum absolute atomic E-state index is 11.9. The van der Waals surface area contributed by atoms with Crippen LogP contribution >= 0.6 is 24.0 Å². The van der Waals surface area contributed by atoms with E-state index in [0.717, 1.165) is 39.0 Å². The molecule has 1 fully saturated rings. The fourth-order valence-electron chi connectivity index (χ4n) is 3.29. The van der Waals surface area contributed by atoms with Gasteiger partial charge in [0.2, 0.25) is 0 Å². The van der Waals surface area contributed by atoms with Gasteiger partial charge < -0.3 is 15.4 Å². The molecule has 1 aliphatic rings. The van der Waals surface area contributed by atoms with Crippen LogP contribution in [0, 0.1) is 6.92 Å². The minimum absolute atomic E-state index is 0. The second-order valence-corrected chi connectivity index (χ2v) is 8.40. The normalized spacial score (nSPS) is 16.1. The molecule has 1 heterocycles. The number of carbonyl (C=O) groups excluding carboxylic acids is 1. The quantitative estimate of drug-likeness (QED) is 0.263. The fraction of sp³-hybridized carbons (Fsp3) is 0.636. The Bertz CT molecular complexity index is 665. The second-order valence-electron chi connectivity index (χ2n) is 8.40. The number of rotatable bonds is 6. The Hall–Kier alpha value is -1.35. The van der Waals surface area contributed by atoms with Gasteiger partial charge in [-0.05, 0) is 58.6 Å². The van der Waals surface area contributed by atoms with Gasteiger partial charge in [0.15, 0.2) is 5.96 Å². The van der Waals surface area contributed by atoms with Crippen LogP contribution < -0.4 is 10.6 Å². The highest BCUT2D eigenvalue weighted by atomic mass is 127. The summed E-state index contributed by atoms with van der Waals surface area (Å²) in [6.45, 7) is 13.7. The standard InChI is InChI=1S/C22H36N4O2.HI/c1-6-23-21(24-15-20(27)28-22(3,4)5)25-19-11-13-26(14-12-19)16-18-10-8-7-9-17(18)2;/h7-10,19H,6,11-16H2,1-5H3,(H2,23,24,25);1H. The number of halogens is 1. The summed E-state index contributed by atoms with van der Waals surface area (Å²) in [5, 5.41) is 6.70. The van der Waals surface area contributed by atoms with Crippen molar-refractivity contribution in [3.63, 3.8) is 0 Å². The van der Waals surface area contributed by atoms with E-state index < -0.39 is 5.60 Å². The molecule has 6 nitrogen and oxygen atoms in total. The van der Waals surface area contributed by atoms with Crippen LogP contribution in [-0.2, 0) is 16.1 Å². The van der Waals surface area contributed by atoms with Crippen molar-refractivity contribution in [2.24, 2.45) is 4.99 Å². The van der Waals surface area contributed by atoms with Gasteiger partial charge in [-0.2, -0.15) is 0 Å². The summed E-state index contributed by atoms with van der Waals surface area (Å²) < 4.78 is 5.33. The average molecular weight is 516 g/mol. The molecule has 0 spiro atoms. The highest BCUT2D eigenvalue weighted by Crippen LogP contribution is 2.16. The van der Waals surface area contributed by atoms with E-state index in [9.17, 15) is 4.79 Å². The van der Waals surface area contributed by atoms with Crippen molar-refractivity contribution >= 4 is 35.9 Å². The van der Waals surface area contributed by atoms with E-state index in [0.29, 0.717) is 12.0 Å². The summed E-state index contributed by atoms with van der Waals surface area (Å²) in [5.41, 5.74) is 2.27. The van der Waals surface area contributed by atoms with Crippen LogP contribution in [0.3, 0.4) is 0 Å². The Labute approximate surface area is 192 Å². The Morgan fingerprint density at radius 3 is 2.48 bits per heavy atom. The number of aryl methyl sites for hydroxylation is 1. The molecule has 0 amide bonds. The molecule has 1 saturated heterocycles. The predicted octanol–water partition coefficient (Wildman–Crippen LogP) is 3.47. The Balaban J connectivity index is 0.00000420. The van der Waals surface area contributed by atoms with E-state index in [1.165, 1.54) is 11.1 Å². The lowest BCUT2D eigenvalue weighted by molar-refractivity contribution is -0.152. The molecule has 1 aromatic rings. The number of hydrogen-bond acceptors (Lipinski definition) is 4. The molecule has 2 N–H and O–H groups in total. The minimum atomic E-state index is -0.484. The number of hydrogen-bond donors (Lipinski definition) is 2. The third kappa shape index (κ3) is 9.80. The summed E-state index contributed by atoms with van der Waals surface area (Å²) >= 11 is 0. The first-order chi connectivity index (χ1) is 13.3. The van der Waals surface area contributed by atoms with Gasteiger partial charge in [-0.3, -0.25) is 9.69 Å². The first kappa shape index (κ1) is 25.7. The molecular formula is C22H37IN4O2. The van der Waals surface area contributed by atoms with Crippen LogP contribution in [0.2, 0.25) is 0 Å². The zero-order valence-electron chi connectivity index (χ0n) is 18.5. The topological polar surface area (TPSA) is 66.0 Å². The molecule has 0 unspecified atom stereocenters. The number of piperidine rings is 1. The number of nitrogens with one attached hydrogen (secondary N) is 2. The van der Waals surface area contributed by atoms with Gasteiger partial charge >= 0.3 is 5.97 Å². The number of likely N-dealkylation sites (tertiary alicyclic amines) is 1. The lowest BCUT2D eigenvalue weighted by Gasteiger charge is -2.33. The van der Waals surface area contributed by atoms with Crippen molar-refractivity contribution in [3.8, 4) is 0 Å². The highest BCUT2D eigenvalue weighted by molar-refractivity contribution is 14.0. The zero-order chi connectivity index (χ0) is 20.6. The number of benzene rings is 1. The minimum Gasteiger partial charge on any atom is -0.459 e. The van der Waals surface area contributed by atoms with E-state index in [1.54, 1.807) is 0 Å². The van der Waals surface area contributed by atoms with E-state index in [2.05, 4.69) is 51.7 Å². The Morgan fingerprint density at radius 1 is 1.24 bits per heavy atom. The lowest BCUT2D eigenvalue weighted by Crippen LogP contribution is -2.48. The first-order valence-electron chi connectivity index (χ1n) is 10.3. The number of ether oxygens (including phenoxy) is 1. The van der Waals surface area contributed by atoms with Crippen molar-refractivity contribution in [2.45, 2.75) is 65.6 Å². The number of esters is 1. The van der Waals surface area contributed by atoms with Crippen molar-refractivity contribution in [2.75, 3.05) is 26.2 Å². The maximum Gasteiger partial charge on any atom is 0.328 e. The molecule has 0 aromatic heterocycles. The van der Waals surface area contributed by atoms with Gasteiger partial charge in [0.1, 0.15) is 12.1 Å². The average Bonchev–Trinajstić information content (AvgIpc) is 2.62. The molecule has 29 heavy (non-hydrogen) atoms. The van der Waals surface area contributed by atoms with Gasteiger partial charge in [-0.1, -0.05) is 24.3 Å². The summed E-state index contributed by atoms with van der Waals surface area (Å²) in [7, 11) is 0. The summed E-state index contributed by atoms with van der Waals surface area (Å²) in [4.78, 5) is 18.8. The van der Waals surface area contributed by atoms with Crippen molar-refractivity contribution in [3.05, 3.63) is 35.4 Å². The highest BCUT2D eigenvalue weighted by Gasteiger charge is 2.21. The molecule has 2 rings (SSSR count). The molecule has 0 atom stereocenters. The predicted molar refractivity (Wildman–Crippen MR) is 130 cm³/mol. The maximum atomic E-state index is 11.9. The third-order valence-corrected chi connectivity index (χ3v) is 4.71. The van der Waals surface area contributed by atoms with Crippen LogP contribution in [0.1, 0.15) is 51.7 Å². The molecule has 0 aliphatic carbocycles. The first-order valence-corrected chi connectivity index (χ1v) is 10.3. The number of nitrogens with zero attached hydrogens (tertiary/aromatic N) is 2. The van der Waals surface area contributed by atoms with Crippen LogP contribution in [0.5, 0.6) is 0 Å². The molecule has 0 bridgehead atoms. The van der Waals surface area contributed by atoms with Crippen molar-refractivity contribution < 1.29 is 9.53 Å². The largest absolute Gasteiger partial charge is 0.459 e. The smallest absolute Gasteiger partial charge is 0.328 e. The number of aliphatic imine (C=N–C) groups is 1. The monoisotopic (exact) mass is 516 g/mol. The van der Waals surface area contributed by atoms with E-state index >= 15 is 0 Å². The lowest BCUT2D eigenvalue weighted by atomic mass is 10.0. The third-order valence-electron chi connectivity index (χ3n) is 4.71. The molecule has 1 aromatic carbocycles. The Kier molecular flexibility index (Phi) is 11.0. The van der Waals surface area contributed by atoms with E-state index in [1.807, 2.05) is 27.7 Å². The number of guanidine groups is 1.